The minimum Gasteiger partial charge on any atom is -0.396 e. The lowest BCUT2D eigenvalue weighted by Crippen LogP contribution is -2.42. The van der Waals surface area contributed by atoms with Gasteiger partial charge in [0, 0.05) is 19.2 Å². The molecule has 0 unspecified atom stereocenters. The Morgan fingerprint density at radius 2 is 2.00 bits per heavy atom. The van der Waals surface area contributed by atoms with Gasteiger partial charge in [0.05, 0.1) is 6.54 Å². The molecular weight excluding hydrogens is 216 g/mol. The molecule has 0 aliphatic heterocycles. The summed E-state index contributed by atoms with van der Waals surface area (Å²) in [6, 6.07) is 0.505. The third-order valence-electron chi connectivity index (χ3n) is 3.66. The van der Waals surface area contributed by atoms with Gasteiger partial charge in [0.2, 0.25) is 5.91 Å². The molecule has 1 rings (SSSR count). The molecule has 1 aliphatic rings. The van der Waals surface area contributed by atoms with Gasteiger partial charge in [-0.15, -0.1) is 0 Å². The van der Waals surface area contributed by atoms with E-state index >= 15 is 0 Å². The molecule has 4 nitrogen and oxygen atoms in total. The van der Waals surface area contributed by atoms with Gasteiger partial charge in [-0.3, -0.25) is 9.69 Å². The fraction of sp³-hybridized carbons (Fsp3) is 0.923. The Labute approximate surface area is 104 Å². The molecule has 2 N–H and O–H groups in total. The molecule has 1 fully saturated rings. The van der Waals surface area contributed by atoms with Gasteiger partial charge in [-0.2, -0.15) is 0 Å². The first-order chi connectivity index (χ1) is 8.17. The summed E-state index contributed by atoms with van der Waals surface area (Å²) in [6.07, 6.45) is 5.35. The van der Waals surface area contributed by atoms with E-state index in [9.17, 15) is 4.79 Å². The highest BCUT2D eigenvalue weighted by Gasteiger charge is 2.24. The van der Waals surface area contributed by atoms with Crippen LogP contribution in [-0.2, 0) is 4.79 Å². The van der Waals surface area contributed by atoms with E-state index in [1.165, 1.54) is 0 Å². The number of aliphatic hydroxyl groups excluding tert-OH is 1. The number of nitrogens with zero attached hydrogens (tertiary/aromatic N) is 1. The van der Waals surface area contributed by atoms with Gasteiger partial charge in [0.25, 0.3) is 0 Å². The zero-order valence-corrected chi connectivity index (χ0v) is 11.1. The van der Waals surface area contributed by atoms with E-state index in [1.54, 1.807) is 0 Å². The average molecular weight is 242 g/mol. The van der Waals surface area contributed by atoms with Gasteiger partial charge >= 0.3 is 0 Å². The van der Waals surface area contributed by atoms with Crippen molar-refractivity contribution in [2.45, 2.75) is 45.1 Å². The van der Waals surface area contributed by atoms with E-state index in [2.05, 4.69) is 17.1 Å². The summed E-state index contributed by atoms with van der Waals surface area (Å²) in [5.74, 6) is 0.604. The quantitative estimate of drug-likeness (QED) is 0.730. The Balaban J connectivity index is 2.24. The van der Waals surface area contributed by atoms with Crippen molar-refractivity contribution in [1.82, 2.24) is 10.2 Å². The van der Waals surface area contributed by atoms with Crippen molar-refractivity contribution in [3.05, 3.63) is 0 Å². The van der Waals surface area contributed by atoms with Crippen LogP contribution in [-0.4, -0.2) is 48.7 Å². The van der Waals surface area contributed by atoms with E-state index in [1.807, 2.05) is 7.05 Å². The van der Waals surface area contributed by atoms with Crippen LogP contribution >= 0.6 is 0 Å². The van der Waals surface area contributed by atoms with E-state index in [-0.39, 0.29) is 5.91 Å². The predicted molar refractivity (Wildman–Crippen MR) is 68.8 cm³/mol. The molecular formula is C13H26N2O2. The number of hydrogen-bond donors (Lipinski definition) is 2. The zero-order chi connectivity index (χ0) is 12.7. The van der Waals surface area contributed by atoms with Crippen LogP contribution in [0.2, 0.25) is 0 Å². The molecule has 1 aliphatic carbocycles. The second kappa shape index (κ2) is 7.67. The molecule has 0 aromatic rings. The minimum atomic E-state index is 0.124. The maximum absolute atomic E-state index is 11.6. The molecule has 0 aromatic carbocycles. The number of rotatable bonds is 6. The SMILES string of the molecule is CCCNC(=O)CN(C)C1CCC(CO)CC1. The number of carbonyl (C=O) groups is 1. The first-order valence-electron chi connectivity index (χ1n) is 6.75. The second-order valence-corrected chi connectivity index (χ2v) is 5.12. The van der Waals surface area contributed by atoms with Gasteiger partial charge < -0.3 is 10.4 Å². The smallest absolute Gasteiger partial charge is 0.234 e. The molecule has 0 saturated heterocycles. The molecule has 1 amide bonds. The van der Waals surface area contributed by atoms with E-state index in [0.29, 0.717) is 25.1 Å². The third kappa shape index (κ3) is 5.04. The Kier molecular flexibility index (Phi) is 6.52. The summed E-state index contributed by atoms with van der Waals surface area (Å²) < 4.78 is 0. The van der Waals surface area contributed by atoms with E-state index < -0.39 is 0 Å². The largest absolute Gasteiger partial charge is 0.396 e. The Bertz CT molecular complexity index is 225. The molecule has 100 valence electrons. The summed E-state index contributed by atoms with van der Waals surface area (Å²) in [7, 11) is 2.02. The first-order valence-corrected chi connectivity index (χ1v) is 6.75. The van der Waals surface area contributed by atoms with Crippen LogP contribution in [0, 0.1) is 5.92 Å². The first kappa shape index (κ1) is 14.5. The molecule has 0 radical (unpaired) electrons. The predicted octanol–water partition coefficient (Wildman–Crippen LogP) is 0.995. The summed E-state index contributed by atoms with van der Waals surface area (Å²) in [6.45, 7) is 3.63. The number of nitrogens with one attached hydrogen (secondary N) is 1. The van der Waals surface area contributed by atoms with Crippen molar-refractivity contribution >= 4 is 5.91 Å². The monoisotopic (exact) mass is 242 g/mol. The number of likely N-dealkylation sites (N-methyl/N-ethyl adjacent to an activating group) is 1. The lowest BCUT2D eigenvalue weighted by Gasteiger charge is -2.33. The van der Waals surface area contributed by atoms with Crippen molar-refractivity contribution in [1.29, 1.82) is 0 Å². The van der Waals surface area contributed by atoms with Crippen LogP contribution in [0.4, 0.5) is 0 Å². The average Bonchev–Trinajstić information content (AvgIpc) is 2.36. The summed E-state index contributed by atoms with van der Waals surface area (Å²) in [5, 5.41) is 12.0. The molecule has 4 heteroatoms. The van der Waals surface area contributed by atoms with Crippen molar-refractivity contribution in [3.8, 4) is 0 Å². The number of hydrogen-bond acceptors (Lipinski definition) is 3. The molecule has 17 heavy (non-hydrogen) atoms. The van der Waals surface area contributed by atoms with Gasteiger partial charge in [-0.25, -0.2) is 0 Å². The van der Waals surface area contributed by atoms with Crippen LogP contribution in [0.25, 0.3) is 0 Å². The normalized spacial score (nSPS) is 24.9. The van der Waals surface area contributed by atoms with Crippen LogP contribution < -0.4 is 5.32 Å². The summed E-state index contributed by atoms with van der Waals surface area (Å²) in [4.78, 5) is 13.7. The fourth-order valence-electron chi connectivity index (χ4n) is 2.44. The van der Waals surface area contributed by atoms with Crippen molar-refractivity contribution < 1.29 is 9.90 Å². The van der Waals surface area contributed by atoms with Gasteiger partial charge in [-0.1, -0.05) is 6.92 Å². The number of aliphatic hydroxyl groups is 1. The van der Waals surface area contributed by atoms with Crippen LogP contribution in [0.3, 0.4) is 0 Å². The van der Waals surface area contributed by atoms with Crippen LogP contribution in [0.15, 0.2) is 0 Å². The van der Waals surface area contributed by atoms with Gasteiger partial charge in [0.1, 0.15) is 0 Å². The topological polar surface area (TPSA) is 52.6 Å². The molecule has 0 heterocycles. The lowest BCUT2D eigenvalue weighted by atomic mass is 9.86. The van der Waals surface area contributed by atoms with Crippen LogP contribution in [0.1, 0.15) is 39.0 Å². The minimum absolute atomic E-state index is 0.124. The number of amides is 1. The van der Waals surface area contributed by atoms with E-state index in [4.69, 9.17) is 5.11 Å². The Morgan fingerprint density at radius 3 is 2.53 bits per heavy atom. The Morgan fingerprint density at radius 1 is 1.35 bits per heavy atom. The maximum atomic E-state index is 11.6. The lowest BCUT2D eigenvalue weighted by molar-refractivity contribution is -0.122. The fourth-order valence-corrected chi connectivity index (χ4v) is 2.44. The second-order valence-electron chi connectivity index (χ2n) is 5.12. The highest BCUT2D eigenvalue weighted by molar-refractivity contribution is 5.77. The molecule has 0 bridgehead atoms. The van der Waals surface area contributed by atoms with Crippen molar-refractivity contribution in [2.24, 2.45) is 5.92 Å². The molecule has 0 atom stereocenters. The molecule has 0 aromatic heterocycles. The molecule has 1 saturated carbocycles. The molecule has 0 spiro atoms. The zero-order valence-electron chi connectivity index (χ0n) is 11.1. The highest BCUT2D eigenvalue weighted by Crippen LogP contribution is 2.26. The van der Waals surface area contributed by atoms with Crippen molar-refractivity contribution in [3.63, 3.8) is 0 Å². The van der Waals surface area contributed by atoms with Gasteiger partial charge in [-0.05, 0) is 45.1 Å². The summed E-state index contributed by atoms with van der Waals surface area (Å²) in [5.41, 5.74) is 0. The standard InChI is InChI=1S/C13H26N2O2/c1-3-8-14-13(17)9-15(2)12-6-4-11(10-16)5-7-12/h11-12,16H,3-10H2,1-2H3,(H,14,17). The summed E-state index contributed by atoms with van der Waals surface area (Å²) >= 11 is 0. The highest BCUT2D eigenvalue weighted by atomic mass is 16.3. The third-order valence-corrected chi connectivity index (χ3v) is 3.66. The Hall–Kier alpha value is -0.610. The van der Waals surface area contributed by atoms with Crippen LogP contribution in [0.5, 0.6) is 0 Å². The van der Waals surface area contributed by atoms with Crippen molar-refractivity contribution in [2.75, 3.05) is 26.7 Å². The van der Waals surface area contributed by atoms with Gasteiger partial charge in [0.15, 0.2) is 0 Å². The number of carbonyl (C=O) groups excluding carboxylic acids is 1. The maximum Gasteiger partial charge on any atom is 0.234 e. The van der Waals surface area contributed by atoms with E-state index in [0.717, 1.165) is 38.6 Å².